The number of hydrogen-bond donors (Lipinski definition) is 2. The Morgan fingerprint density at radius 3 is 2.71 bits per heavy atom. The first kappa shape index (κ1) is 17.7. The van der Waals surface area contributed by atoms with E-state index >= 15 is 0 Å². The van der Waals surface area contributed by atoms with Crippen LogP contribution >= 0.6 is 0 Å². The van der Waals surface area contributed by atoms with E-state index in [1.54, 1.807) is 47.4 Å². The predicted molar refractivity (Wildman–Crippen MR) is 104 cm³/mol. The number of Topliss-reactive ketones (excluding diaryl/α,β-unsaturated/α-hetero) is 1. The lowest BCUT2D eigenvalue weighted by molar-refractivity contribution is -0.121. The second-order valence-electron chi connectivity index (χ2n) is 6.37. The van der Waals surface area contributed by atoms with E-state index in [1.165, 1.54) is 14.2 Å². The molecule has 1 fully saturated rings. The summed E-state index contributed by atoms with van der Waals surface area (Å²) in [6, 6.07) is 5.15. The molecule has 0 saturated carbocycles. The zero-order chi connectivity index (χ0) is 19.8. The Hall–Kier alpha value is -3.68. The van der Waals surface area contributed by atoms with Crippen molar-refractivity contribution in [2.75, 3.05) is 25.7 Å². The van der Waals surface area contributed by atoms with Crippen molar-refractivity contribution in [2.24, 2.45) is 10.9 Å². The van der Waals surface area contributed by atoms with Gasteiger partial charge in [0.1, 0.15) is 17.2 Å². The van der Waals surface area contributed by atoms with Gasteiger partial charge < -0.3 is 19.7 Å². The summed E-state index contributed by atoms with van der Waals surface area (Å²) in [4.78, 5) is 31.0. The molecule has 0 radical (unpaired) electrons. The van der Waals surface area contributed by atoms with Gasteiger partial charge in [-0.25, -0.2) is 4.99 Å². The number of nitrogens with one attached hydrogen (secondary N) is 2. The summed E-state index contributed by atoms with van der Waals surface area (Å²) in [5.74, 6) is 0.124. The molecule has 8 heteroatoms. The summed E-state index contributed by atoms with van der Waals surface area (Å²) < 4.78 is 10.5. The third kappa shape index (κ3) is 2.79. The van der Waals surface area contributed by atoms with Crippen molar-refractivity contribution in [2.45, 2.75) is 0 Å². The quantitative estimate of drug-likeness (QED) is 0.778. The molecule has 1 amide bonds. The van der Waals surface area contributed by atoms with Crippen LogP contribution < -0.4 is 19.7 Å². The number of allylic oxidation sites excluding steroid dienone is 3. The number of amides is 1. The number of amidine groups is 1. The summed E-state index contributed by atoms with van der Waals surface area (Å²) >= 11 is 0. The Morgan fingerprint density at radius 2 is 1.96 bits per heavy atom. The largest absolute Gasteiger partial charge is 0.493 e. The molecule has 4 rings (SSSR count). The Morgan fingerprint density at radius 1 is 1.18 bits per heavy atom. The number of aliphatic imine (C=N–C) groups is 1. The predicted octanol–water partition coefficient (Wildman–Crippen LogP) is 1.59. The van der Waals surface area contributed by atoms with Crippen LogP contribution in [-0.2, 0) is 9.59 Å². The van der Waals surface area contributed by atoms with Crippen molar-refractivity contribution >= 4 is 28.9 Å². The number of anilines is 1. The third-order valence-electron chi connectivity index (χ3n) is 4.77. The number of methoxy groups -OCH3 is 2. The molecule has 1 aromatic carbocycles. The van der Waals surface area contributed by atoms with E-state index in [0.29, 0.717) is 22.9 Å². The van der Waals surface area contributed by atoms with Gasteiger partial charge in [0.05, 0.1) is 32.4 Å². The number of carbonyl (C=O) groups is 2. The lowest BCUT2D eigenvalue weighted by Gasteiger charge is -2.23. The van der Waals surface area contributed by atoms with Gasteiger partial charge in [-0.05, 0) is 18.2 Å². The van der Waals surface area contributed by atoms with Crippen molar-refractivity contribution in [1.29, 1.82) is 5.41 Å². The van der Waals surface area contributed by atoms with Gasteiger partial charge >= 0.3 is 0 Å². The molecule has 2 heterocycles. The van der Waals surface area contributed by atoms with Crippen LogP contribution in [0.3, 0.4) is 0 Å². The molecule has 1 aromatic rings. The van der Waals surface area contributed by atoms with Crippen molar-refractivity contribution in [3.8, 4) is 11.5 Å². The standard InChI is InChI=1S/C20H18N4O4/c1-27-15-8-7-11(9-16(15)28-2)24-10-14(25)17(18(24)21)19-22-13-6-4-3-5-12(13)20(26)23-19/h3-9,12,21H,10H2,1-2H3,(H,23,26)/b19-17-,21-18?. The van der Waals surface area contributed by atoms with Crippen molar-refractivity contribution in [1.82, 2.24) is 5.32 Å². The van der Waals surface area contributed by atoms with Gasteiger partial charge in [0, 0.05) is 11.8 Å². The second-order valence-corrected chi connectivity index (χ2v) is 6.37. The van der Waals surface area contributed by atoms with E-state index in [0.717, 1.165) is 0 Å². The number of benzene rings is 1. The van der Waals surface area contributed by atoms with Crippen molar-refractivity contribution in [3.05, 3.63) is 53.9 Å². The van der Waals surface area contributed by atoms with Crippen LogP contribution in [0.15, 0.2) is 58.9 Å². The number of fused-ring (bicyclic) bond motifs is 1. The van der Waals surface area contributed by atoms with Gasteiger partial charge in [-0.3, -0.25) is 15.0 Å². The van der Waals surface area contributed by atoms with Crippen molar-refractivity contribution in [3.63, 3.8) is 0 Å². The lowest BCUT2D eigenvalue weighted by atomic mass is 9.95. The fourth-order valence-corrected chi connectivity index (χ4v) is 3.36. The fraction of sp³-hybridized carbons (Fsp3) is 0.200. The third-order valence-corrected chi connectivity index (χ3v) is 4.77. The molecule has 1 aliphatic carbocycles. The summed E-state index contributed by atoms with van der Waals surface area (Å²) in [6.07, 6.45) is 7.05. The zero-order valence-corrected chi connectivity index (χ0v) is 15.4. The Kier molecular flexibility index (Phi) is 4.31. The molecule has 1 unspecified atom stereocenters. The molecule has 1 atom stereocenters. The maximum atomic E-state index is 12.7. The smallest absolute Gasteiger partial charge is 0.238 e. The van der Waals surface area contributed by atoms with E-state index in [9.17, 15) is 9.59 Å². The molecule has 0 spiro atoms. The SMILES string of the molecule is COc1ccc(N2CC(=O)/C(=C3\N=C4C=CC=CC4C(=O)N3)C2=N)cc1OC. The molecular weight excluding hydrogens is 360 g/mol. The van der Waals surface area contributed by atoms with Crippen LogP contribution in [0.1, 0.15) is 0 Å². The number of rotatable bonds is 3. The second kappa shape index (κ2) is 6.80. The molecule has 28 heavy (non-hydrogen) atoms. The maximum Gasteiger partial charge on any atom is 0.238 e. The lowest BCUT2D eigenvalue weighted by Crippen LogP contribution is -2.39. The molecular formula is C20H18N4O4. The van der Waals surface area contributed by atoms with Crippen LogP contribution in [0, 0.1) is 11.3 Å². The topological polar surface area (TPSA) is 104 Å². The van der Waals surface area contributed by atoms with E-state index in [4.69, 9.17) is 14.9 Å². The minimum atomic E-state index is -0.470. The van der Waals surface area contributed by atoms with E-state index in [-0.39, 0.29) is 35.5 Å². The minimum Gasteiger partial charge on any atom is -0.493 e. The van der Waals surface area contributed by atoms with Crippen LogP contribution in [-0.4, -0.2) is 44.0 Å². The van der Waals surface area contributed by atoms with Crippen LogP contribution in [0.25, 0.3) is 0 Å². The number of ketones is 1. The van der Waals surface area contributed by atoms with Gasteiger partial charge in [-0.15, -0.1) is 0 Å². The summed E-state index contributed by atoms with van der Waals surface area (Å²) in [5, 5.41) is 11.2. The fourth-order valence-electron chi connectivity index (χ4n) is 3.36. The van der Waals surface area contributed by atoms with E-state index in [2.05, 4.69) is 10.3 Å². The molecule has 8 nitrogen and oxygen atoms in total. The first-order valence-electron chi connectivity index (χ1n) is 8.63. The molecule has 3 aliphatic rings. The van der Waals surface area contributed by atoms with E-state index < -0.39 is 5.92 Å². The highest BCUT2D eigenvalue weighted by Gasteiger charge is 2.37. The van der Waals surface area contributed by atoms with Crippen molar-refractivity contribution < 1.29 is 19.1 Å². The Labute approximate surface area is 161 Å². The highest BCUT2D eigenvalue weighted by Crippen LogP contribution is 2.34. The molecule has 0 aromatic heterocycles. The first-order chi connectivity index (χ1) is 13.5. The Balaban J connectivity index is 1.72. The molecule has 142 valence electrons. The molecule has 2 N–H and O–H groups in total. The average Bonchev–Trinajstić information content (AvgIpc) is 3.01. The highest BCUT2D eigenvalue weighted by atomic mass is 16.5. The van der Waals surface area contributed by atoms with Gasteiger partial charge in [-0.1, -0.05) is 18.2 Å². The number of ether oxygens (including phenoxy) is 2. The monoisotopic (exact) mass is 378 g/mol. The van der Waals surface area contributed by atoms with Gasteiger partial charge in [0.25, 0.3) is 0 Å². The van der Waals surface area contributed by atoms with E-state index in [1.807, 2.05) is 0 Å². The van der Waals surface area contributed by atoms with Gasteiger partial charge in [0.15, 0.2) is 17.3 Å². The van der Waals surface area contributed by atoms with Gasteiger partial charge in [-0.2, -0.15) is 0 Å². The molecule has 1 saturated heterocycles. The minimum absolute atomic E-state index is 0.0208. The number of hydrogen-bond acceptors (Lipinski definition) is 6. The van der Waals surface area contributed by atoms with Crippen LogP contribution in [0.2, 0.25) is 0 Å². The normalized spacial score (nSPS) is 23.5. The Bertz CT molecular complexity index is 1020. The summed E-state index contributed by atoms with van der Waals surface area (Å²) in [6.45, 7) is -0.0208. The summed E-state index contributed by atoms with van der Waals surface area (Å²) in [5.41, 5.74) is 1.26. The molecule has 2 aliphatic heterocycles. The first-order valence-corrected chi connectivity index (χ1v) is 8.63. The van der Waals surface area contributed by atoms with Crippen LogP contribution in [0.5, 0.6) is 11.5 Å². The zero-order valence-electron chi connectivity index (χ0n) is 15.4. The van der Waals surface area contributed by atoms with Crippen LogP contribution in [0.4, 0.5) is 5.69 Å². The molecule has 0 bridgehead atoms. The van der Waals surface area contributed by atoms with Gasteiger partial charge in [0.2, 0.25) is 5.91 Å². The highest BCUT2D eigenvalue weighted by molar-refractivity contribution is 6.34. The maximum absolute atomic E-state index is 12.7. The number of nitrogens with zero attached hydrogens (tertiary/aromatic N) is 2. The average molecular weight is 378 g/mol. The number of carbonyl (C=O) groups excluding carboxylic acids is 2. The summed E-state index contributed by atoms with van der Waals surface area (Å²) in [7, 11) is 3.06.